The Morgan fingerprint density at radius 2 is 2.05 bits per heavy atom. The Kier molecular flexibility index (Phi) is 5.12. The highest BCUT2D eigenvalue weighted by atomic mass is 79.9. The fourth-order valence-electron chi connectivity index (χ4n) is 1.75. The number of nitrogens with zero attached hydrogens (tertiary/aromatic N) is 1. The van der Waals surface area contributed by atoms with E-state index in [1.807, 2.05) is 43.3 Å². The van der Waals surface area contributed by atoms with Crippen molar-refractivity contribution < 1.29 is 4.79 Å². The molecule has 20 heavy (non-hydrogen) atoms. The van der Waals surface area contributed by atoms with Crippen molar-refractivity contribution in [2.75, 3.05) is 11.9 Å². The van der Waals surface area contributed by atoms with E-state index in [9.17, 15) is 4.79 Å². The standard InChI is InChI=1S/C15H16BrN3O/c1-11-7-13(16)9-18-15(11)19-10-14(20)17-8-12-5-3-2-4-6-12/h2-7,9H,8,10H2,1H3,(H,17,20)(H,18,19). The van der Waals surface area contributed by atoms with Gasteiger partial charge < -0.3 is 10.6 Å². The number of aryl methyl sites for hydroxylation is 1. The van der Waals surface area contributed by atoms with Crippen LogP contribution in [0.1, 0.15) is 11.1 Å². The van der Waals surface area contributed by atoms with Crippen LogP contribution in [0.2, 0.25) is 0 Å². The molecular formula is C15H16BrN3O. The molecule has 0 saturated carbocycles. The minimum absolute atomic E-state index is 0.0574. The third-order valence-electron chi connectivity index (χ3n) is 2.79. The molecule has 2 rings (SSSR count). The molecule has 0 spiro atoms. The number of hydrogen-bond donors (Lipinski definition) is 2. The number of anilines is 1. The maximum Gasteiger partial charge on any atom is 0.239 e. The van der Waals surface area contributed by atoms with Crippen molar-refractivity contribution in [2.45, 2.75) is 13.5 Å². The maximum absolute atomic E-state index is 11.8. The second-order valence-electron chi connectivity index (χ2n) is 4.43. The number of halogens is 1. The summed E-state index contributed by atoms with van der Waals surface area (Å²) in [7, 11) is 0. The quantitative estimate of drug-likeness (QED) is 0.884. The van der Waals surface area contributed by atoms with E-state index >= 15 is 0 Å². The van der Waals surface area contributed by atoms with Gasteiger partial charge in [0.1, 0.15) is 5.82 Å². The minimum Gasteiger partial charge on any atom is -0.361 e. The van der Waals surface area contributed by atoms with E-state index in [2.05, 4.69) is 31.5 Å². The first kappa shape index (κ1) is 14.5. The van der Waals surface area contributed by atoms with Crippen molar-refractivity contribution in [3.8, 4) is 0 Å². The molecule has 0 saturated heterocycles. The van der Waals surface area contributed by atoms with Crippen LogP contribution in [0.4, 0.5) is 5.82 Å². The van der Waals surface area contributed by atoms with Crippen molar-refractivity contribution >= 4 is 27.7 Å². The lowest BCUT2D eigenvalue weighted by atomic mass is 10.2. The Labute approximate surface area is 126 Å². The van der Waals surface area contributed by atoms with E-state index in [0.717, 1.165) is 21.4 Å². The normalized spacial score (nSPS) is 10.1. The smallest absolute Gasteiger partial charge is 0.239 e. The number of rotatable bonds is 5. The molecule has 1 amide bonds. The van der Waals surface area contributed by atoms with Crippen LogP contribution >= 0.6 is 15.9 Å². The third-order valence-corrected chi connectivity index (χ3v) is 3.23. The van der Waals surface area contributed by atoms with Crippen LogP contribution in [0, 0.1) is 6.92 Å². The molecule has 0 fully saturated rings. The fraction of sp³-hybridized carbons (Fsp3) is 0.200. The Hall–Kier alpha value is -1.88. The van der Waals surface area contributed by atoms with Gasteiger partial charge in [-0.05, 0) is 40.0 Å². The van der Waals surface area contributed by atoms with Gasteiger partial charge in [0.2, 0.25) is 5.91 Å². The van der Waals surface area contributed by atoms with E-state index in [0.29, 0.717) is 6.54 Å². The van der Waals surface area contributed by atoms with Gasteiger partial charge in [0, 0.05) is 17.2 Å². The molecule has 2 N–H and O–H groups in total. The van der Waals surface area contributed by atoms with Gasteiger partial charge in [-0.1, -0.05) is 30.3 Å². The van der Waals surface area contributed by atoms with Gasteiger partial charge in [-0.25, -0.2) is 4.98 Å². The average Bonchev–Trinajstić information content (AvgIpc) is 2.45. The van der Waals surface area contributed by atoms with Crippen LogP contribution < -0.4 is 10.6 Å². The summed E-state index contributed by atoms with van der Waals surface area (Å²) in [4.78, 5) is 16.0. The first-order chi connectivity index (χ1) is 9.65. The summed E-state index contributed by atoms with van der Waals surface area (Å²) in [6.07, 6.45) is 1.71. The summed E-state index contributed by atoms with van der Waals surface area (Å²) < 4.78 is 0.925. The van der Waals surface area contributed by atoms with Crippen LogP contribution in [0.3, 0.4) is 0 Å². The monoisotopic (exact) mass is 333 g/mol. The topological polar surface area (TPSA) is 54.0 Å². The molecule has 2 aromatic rings. The summed E-state index contributed by atoms with van der Waals surface area (Å²) in [5.74, 6) is 0.668. The predicted molar refractivity (Wildman–Crippen MR) is 83.5 cm³/mol. The summed E-state index contributed by atoms with van der Waals surface area (Å²) in [6.45, 7) is 2.69. The van der Waals surface area contributed by atoms with Crippen LogP contribution in [0.25, 0.3) is 0 Å². The fourth-order valence-corrected chi connectivity index (χ4v) is 2.19. The lowest BCUT2D eigenvalue weighted by Crippen LogP contribution is -2.29. The van der Waals surface area contributed by atoms with Gasteiger partial charge in [-0.2, -0.15) is 0 Å². The molecule has 0 atom stereocenters. The highest BCUT2D eigenvalue weighted by molar-refractivity contribution is 9.10. The second kappa shape index (κ2) is 7.05. The first-order valence-corrected chi connectivity index (χ1v) is 7.11. The van der Waals surface area contributed by atoms with E-state index in [4.69, 9.17) is 0 Å². The lowest BCUT2D eigenvalue weighted by molar-refractivity contribution is -0.119. The van der Waals surface area contributed by atoms with Gasteiger partial charge in [0.25, 0.3) is 0 Å². The Balaban J connectivity index is 1.80. The first-order valence-electron chi connectivity index (χ1n) is 6.32. The summed E-state index contributed by atoms with van der Waals surface area (Å²) in [5.41, 5.74) is 2.08. The highest BCUT2D eigenvalue weighted by Gasteiger charge is 2.04. The van der Waals surface area contributed by atoms with E-state index in [1.54, 1.807) is 6.20 Å². The van der Waals surface area contributed by atoms with Crippen LogP contribution in [0.5, 0.6) is 0 Å². The number of pyridine rings is 1. The number of hydrogen-bond acceptors (Lipinski definition) is 3. The van der Waals surface area contributed by atoms with Crippen molar-refractivity contribution in [3.63, 3.8) is 0 Å². The summed E-state index contributed by atoms with van der Waals surface area (Å²) in [5, 5.41) is 5.89. The zero-order valence-corrected chi connectivity index (χ0v) is 12.8. The Bertz CT molecular complexity index is 587. The molecule has 1 heterocycles. The molecule has 1 aromatic carbocycles. The van der Waals surface area contributed by atoms with Gasteiger partial charge >= 0.3 is 0 Å². The number of carbonyl (C=O) groups is 1. The van der Waals surface area contributed by atoms with Crippen molar-refractivity contribution in [3.05, 3.63) is 58.2 Å². The van der Waals surface area contributed by atoms with Crippen LogP contribution in [-0.2, 0) is 11.3 Å². The third kappa shape index (κ3) is 4.35. The molecule has 4 nitrogen and oxygen atoms in total. The van der Waals surface area contributed by atoms with E-state index in [1.165, 1.54) is 0 Å². The molecule has 1 aromatic heterocycles. The average molecular weight is 334 g/mol. The van der Waals surface area contributed by atoms with Crippen molar-refractivity contribution in [2.24, 2.45) is 0 Å². The van der Waals surface area contributed by atoms with Gasteiger partial charge in [-0.3, -0.25) is 4.79 Å². The molecule has 5 heteroatoms. The zero-order valence-electron chi connectivity index (χ0n) is 11.2. The SMILES string of the molecule is Cc1cc(Br)cnc1NCC(=O)NCc1ccccc1. The minimum atomic E-state index is -0.0574. The molecular weight excluding hydrogens is 318 g/mol. The molecule has 0 unspecified atom stereocenters. The number of aromatic nitrogens is 1. The maximum atomic E-state index is 11.8. The van der Waals surface area contributed by atoms with Crippen LogP contribution in [-0.4, -0.2) is 17.4 Å². The largest absolute Gasteiger partial charge is 0.361 e. The van der Waals surface area contributed by atoms with Gasteiger partial charge in [-0.15, -0.1) is 0 Å². The second-order valence-corrected chi connectivity index (χ2v) is 5.35. The summed E-state index contributed by atoms with van der Waals surface area (Å²) >= 11 is 3.36. The molecule has 0 bridgehead atoms. The Morgan fingerprint density at radius 3 is 2.75 bits per heavy atom. The van der Waals surface area contributed by atoms with Gasteiger partial charge in [0.15, 0.2) is 0 Å². The van der Waals surface area contributed by atoms with E-state index < -0.39 is 0 Å². The van der Waals surface area contributed by atoms with Crippen molar-refractivity contribution in [1.29, 1.82) is 0 Å². The lowest BCUT2D eigenvalue weighted by Gasteiger charge is -2.09. The number of carbonyl (C=O) groups excluding carboxylic acids is 1. The van der Waals surface area contributed by atoms with Crippen molar-refractivity contribution in [1.82, 2.24) is 10.3 Å². The van der Waals surface area contributed by atoms with Crippen LogP contribution in [0.15, 0.2) is 47.1 Å². The number of amides is 1. The highest BCUT2D eigenvalue weighted by Crippen LogP contribution is 2.16. The molecule has 0 aliphatic heterocycles. The predicted octanol–water partition coefficient (Wildman–Crippen LogP) is 2.88. The number of benzene rings is 1. The molecule has 0 aliphatic carbocycles. The van der Waals surface area contributed by atoms with E-state index in [-0.39, 0.29) is 12.5 Å². The van der Waals surface area contributed by atoms with Gasteiger partial charge in [0.05, 0.1) is 6.54 Å². The molecule has 0 radical (unpaired) electrons. The number of nitrogens with one attached hydrogen (secondary N) is 2. The Morgan fingerprint density at radius 1 is 1.30 bits per heavy atom. The zero-order chi connectivity index (χ0) is 14.4. The molecule has 0 aliphatic rings. The molecule has 104 valence electrons. The summed E-state index contributed by atoms with van der Waals surface area (Å²) in [6, 6.07) is 11.8.